The molecule has 0 amide bonds. The number of alkyl halides is 1. The van der Waals surface area contributed by atoms with Crippen LogP contribution in [0.25, 0.3) is 22.3 Å². The van der Waals surface area contributed by atoms with E-state index in [1.807, 2.05) is 0 Å². The van der Waals surface area contributed by atoms with Crippen LogP contribution >= 0.6 is 0 Å². The highest BCUT2D eigenvalue weighted by molar-refractivity contribution is 5.72. The van der Waals surface area contributed by atoms with Crippen molar-refractivity contribution in [3.63, 3.8) is 0 Å². The van der Waals surface area contributed by atoms with Gasteiger partial charge in [0.2, 0.25) is 0 Å². The average Bonchev–Trinajstić information content (AvgIpc) is 2.68. The van der Waals surface area contributed by atoms with E-state index in [0.717, 1.165) is 55.5 Å². The minimum atomic E-state index is -1.01. The van der Waals surface area contributed by atoms with Crippen molar-refractivity contribution in [2.75, 3.05) is 0 Å². The molecule has 0 saturated heterocycles. The third kappa shape index (κ3) is 4.66. The van der Waals surface area contributed by atoms with Gasteiger partial charge in [-0.3, -0.25) is 0 Å². The Labute approximate surface area is 167 Å². The minimum absolute atomic E-state index is 0.0482. The molecular formula is C24H21F5. The van der Waals surface area contributed by atoms with E-state index in [-0.39, 0.29) is 22.3 Å². The number of aryl methyl sites for hydroxylation is 1. The van der Waals surface area contributed by atoms with Crippen LogP contribution in [0.5, 0.6) is 0 Å². The summed E-state index contributed by atoms with van der Waals surface area (Å²) in [5.74, 6) is -3.32. The Balaban J connectivity index is 1.94. The first-order valence-corrected chi connectivity index (χ1v) is 9.57. The van der Waals surface area contributed by atoms with Crippen LogP contribution in [0, 0.1) is 23.3 Å². The molecule has 0 aromatic heterocycles. The smallest absolute Gasteiger partial charge is 0.134 e. The van der Waals surface area contributed by atoms with Gasteiger partial charge in [0, 0.05) is 11.1 Å². The van der Waals surface area contributed by atoms with Gasteiger partial charge in [0.05, 0.1) is 5.56 Å². The second-order valence-electron chi connectivity index (χ2n) is 7.03. The topological polar surface area (TPSA) is 0 Å². The van der Waals surface area contributed by atoms with Gasteiger partial charge in [0.1, 0.15) is 29.9 Å². The number of benzene rings is 3. The Hall–Kier alpha value is -2.69. The SMILES string of the molecule is CCCCCc1ccc(-c2cc(F)c(-c3ccc(CF)c(F)c3)c(F)c2)c(F)c1. The van der Waals surface area contributed by atoms with Crippen LogP contribution in [0.4, 0.5) is 22.0 Å². The number of hydrogen-bond donors (Lipinski definition) is 0. The molecule has 29 heavy (non-hydrogen) atoms. The van der Waals surface area contributed by atoms with E-state index in [0.29, 0.717) is 0 Å². The molecule has 0 nitrogen and oxygen atoms in total. The largest absolute Gasteiger partial charge is 0.246 e. The van der Waals surface area contributed by atoms with Crippen molar-refractivity contribution in [2.45, 2.75) is 39.3 Å². The maximum atomic E-state index is 14.7. The molecule has 0 bridgehead atoms. The van der Waals surface area contributed by atoms with Crippen LogP contribution in [-0.2, 0) is 13.1 Å². The maximum absolute atomic E-state index is 14.7. The monoisotopic (exact) mass is 404 g/mol. The van der Waals surface area contributed by atoms with E-state index in [9.17, 15) is 22.0 Å². The Morgan fingerprint density at radius 1 is 0.690 bits per heavy atom. The normalized spacial score (nSPS) is 11.1. The highest BCUT2D eigenvalue weighted by atomic mass is 19.1. The number of hydrogen-bond acceptors (Lipinski definition) is 0. The van der Waals surface area contributed by atoms with Crippen LogP contribution in [0.15, 0.2) is 48.5 Å². The van der Waals surface area contributed by atoms with Gasteiger partial charge in [-0.25, -0.2) is 22.0 Å². The summed E-state index contributed by atoms with van der Waals surface area (Å²) in [5, 5.41) is 0. The molecule has 0 heterocycles. The predicted octanol–water partition coefficient (Wildman–Crippen LogP) is 7.78. The molecule has 0 aliphatic rings. The molecule has 3 aromatic carbocycles. The summed E-state index contributed by atoms with van der Waals surface area (Å²) in [7, 11) is 0. The summed E-state index contributed by atoms with van der Waals surface area (Å²) in [6.07, 6.45) is 3.80. The van der Waals surface area contributed by atoms with E-state index in [2.05, 4.69) is 6.92 Å². The second-order valence-corrected chi connectivity index (χ2v) is 7.03. The summed E-state index contributed by atoms with van der Waals surface area (Å²) in [6.45, 7) is 1.07. The quantitative estimate of drug-likeness (QED) is 0.279. The van der Waals surface area contributed by atoms with Gasteiger partial charge >= 0.3 is 0 Å². The Morgan fingerprint density at radius 2 is 1.38 bits per heavy atom. The Kier molecular flexibility index (Phi) is 6.68. The number of unbranched alkanes of at least 4 members (excludes halogenated alkanes) is 2. The molecule has 3 aromatic rings. The van der Waals surface area contributed by atoms with E-state index in [1.165, 1.54) is 18.2 Å². The molecule has 0 unspecified atom stereocenters. The highest BCUT2D eigenvalue weighted by Gasteiger charge is 2.17. The lowest BCUT2D eigenvalue weighted by Gasteiger charge is -2.11. The van der Waals surface area contributed by atoms with Gasteiger partial charge in [-0.1, -0.05) is 44.0 Å². The molecule has 5 heteroatoms. The van der Waals surface area contributed by atoms with Gasteiger partial charge in [-0.15, -0.1) is 0 Å². The molecule has 0 aliphatic carbocycles. The van der Waals surface area contributed by atoms with Gasteiger partial charge in [0.15, 0.2) is 0 Å². The van der Waals surface area contributed by atoms with Crippen LogP contribution in [0.1, 0.15) is 37.3 Å². The van der Waals surface area contributed by atoms with E-state index in [4.69, 9.17) is 0 Å². The predicted molar refractivity (Wildman–Crippen MR) is 105 cm³/mol. The molecule has 0 N–H and O–H groups in total. The van der Waals surface area contributed by atoms with Crippen molar-refractivity contribution in [3.05, 3.63) is 82.9 Å². The highest BCUT2D eigenvalue weighted by Crippen LogP contribution is 2.33. The molecule has 0 radical (unpaired) electrons. The average molecular weight is 404 g/mol. The summed E-state index contributed by atoms with van der Waals surface area (Å²) >= 11 is 0. The van der Waals surface area contributed by atoms with Crippen LogP contribution in [0.3, 0.4) is 0 Å². The fraction of sp³-hybridized carbons (Fsp3) is 0.250. The third-order valence-corrected chi connectivity index (χ3v) is 4.94. The van der Waals surface area contributed by atoms with Crippen molar-refractivity contribution in [1.82, 2.24) is 0 Å². The van der Waals surface area contributed by atoms with E-state index in [1.54, 1.807) is 6.07 Å². The number of rotatable bonds is 7. The van der Waals surface area contributed by atoms with Crippen molar-refractivity contribution in [2.24, 2.45) is 0 Å². The van der Waals surface area contributed by atoms with Crippen molar-refractivity contribution in [1.29, 1.82) is 0 Å². The molecule has 0 atom stereocenters. The van der Waals surface area contributed by atoms with Gasteiger partial charge < -0.3 is 0 Å². The fourth-order valence-corrected chi connectivity index (χ4v) is 3.34. The second kappa shape index (κ2) is 9.21. The summed E-state index contributed by atoms with van der Waals surface area (Å²) < 4.78 is 70.3. The lowest BCUT2D eigenvalue weighted by Crippen LogP contribution is -1.96. The molecule has 0 saturated carbocycles. The maximum Gasteiger partial charge on any atom is 0.134 e. The minimum Gasteiger partial charge on any atom is -0.246 e. The summed E-state index contributed by atoms with van der Waals surface area (Å²) in [5.41, 5.74) is 0.311. The molecule has 0 fully saturated rings. The Morgan fingerprint density at radius 3 is 1.97 bits per heavy atom. The molecular weight excluding hydrogens is 383 g/mol. The van der Waals surface area contributed by atoms with Gasteiger partial charge in [0.25, 0.3) is 0 Å². The van der Waals surface area contributed by atoms with E-state index >= 15 is 0 Å². The molecule has 3 rings (SSSR count). The zero-order valence-electron chi connectivity index (χ0n) is 16.0. The first-order valence-electron chi connectivity index (χ1n) is 9.57. The zero-order valence-corrected chi connectivity index (χ0v) is 16.0. The zero-order chi connectivity index (χ0) is 21.0. The lowest BCUT2D eigenvalue weighted by atomic mass is 9.96. The summed E-state index contributed by atoms with van der Waals surface area (Å²) in [4.78, 5) is 0. The standard InChI is InChI=1S/C24H21F5/c1-2-3-4-5-15-6-9-19(21(27)10-15)18-12-22(28)24(23(29)13-18)16-7-8-17(14-25)20(26)11-16/h6-13H,2-5,14H2,1H3. The Bertz CT molecular complexity index is 987. The van der Waals surface area contributed by atoms with Crippen molar-refractivity contribution >= 4 is 0 Å². The van der Waals surface area contributed by atoms with Crippen molar-refractivity contribution < 1.29 is 22.0 Å². The van der Waals surface area contributed by atoms with Crippen LogP contribution in [-0.4, -0.2) is 0 Å². The van der Waals surface area contributed by atoms with Crippen LogP contribution < -0.4 is 0 Å². The lowest BCUT2D eigenvalue weighted by molar-refractivity contribution is 0.464. The molecule has 0 aliphatic heterocycles. The van der Waals surface area contributed by atoms with Crippen LogP contribution in [0.2, 0.25) is 0 Å². The third-order valence-electron chi connectivity index (χ3n) is 4.94. The van der Waals surface area contributed by atoms with Gasteiger partial charge in [-0.2, -0.15) is 0 Å². The number of halogens is 5. The fourth-order valence-electron chi connectivity index (χ4n) is 3.34. The molecule has 152 valence electrons. The van der Waals surface area contributed by atoms with E-state index < -0.39 is 35.5 Å². The summed E-state index contributed by atoms with van der Waals surface area (Å²) in [6, 6.07) is 9.99. The first kappa shape index (κ1) is 21.0. The van der Waals surface area contributed by atoms with Crippen molar-refractivity contribution in [3.8, 4) is 22.3 Å². The van der Waals surface area contributed by atoms with Gasteiger partial charge in [-0.05, 0) is 53.8 Å². The molecule has 0 spiro atoms. The first-order chi connectivity index (χ1) is 13.9.